The number of hydrogen-bond donors (Lipinski definition) is 1. The summed E-state index contributed by atoms with van der Waals surface area (Å²) in [4.78, 5) is 0. The molecule has 1 aromatic carbocycles. The highest BCUT2D eigenvalue weighted by atomic mass is 16.6. The van der Waals surface area contributed by atoms with E-state index in [9.17, 15) is 0 Å². The smallest absolute Gasteiger partial charge is 0.162 e. The van der Waals surface area contributed by atoms with E-state index in [1.54, 1.807) is 0 Å². The van der Waals surface area contributed by atoms with Crippen molar-refractivity contribution in [2.75, 3.05) is 6.61 Å². The van der Waals surface area contributed by atoms with Crippen LogP contribution in [-0.4, -0.2) is 18.8 Å². The van der Waals surface area contributed by atoms with E-state index in [0.717, 1.165) is 11.5 Å². The van der Waals surface area contributed by atoms with Gasteiger partial charge < -0.3 is 15.2 Å². The van der Waals surface area contributed by atoms with Crippen molar-refractivity contribution in [1.82, 2.24) is 0 Å². The Morgan fingerprint density at radius 2 is 1.87 bits per heavy atom. The van der Waals surface area contributed by atoms with Gasteiger partial charge in [-0.3, -0.25) is 0 Å². The summed E-state index contributed by atoms with van der Waals surface area (Å²) in [6.45, 7) is 6.60. The van der Waals surface area contributed by atoms with E-state index in [4.69, 9.17) is 15.2 Å². The molecule has 0 aliphatic carbocycles. The first-order valence-corrected chi connectivity index (χ1v) is 5.24. The Labute approximate surface area is 90.2 Å². The van der Waals surface area contributed by atoms with Gasteiger partial charge in [0, 0.05) is 6.04 Å². The first-order valence-electron chi connectivity index (χ1n) is 5.24. The van der Waals surface area contributed by atoms with Gasteiger partial charge in [-0.25, -0.2) is 0 Å². The molecule has 82 valence electrons. The number of benzene rings is 1. The Morgan fingerprint density at radius 1 is 1.27 bits per heavy atom. The van der Waals surface area contributed by atoms with E-state index in [0.29, 0.717) is 6.61 Å². The summed E-state index contributed by atoms with van der Waals surface area (Å²) in [6.07, 6.45) is -0.0420. The summed E-state index contributed by atoms with van der Waals surface area (Å²) in [6, 6.07) is 4.01. The zero-order valence-electron chi connectivity index (χ0n) is 9.41. The van der Waals surface area contributed by atoms with Crippen LogP contribution in [0.4, 0.5) is 0 Å². The van der Waals surface area contributed by atoms with Gasteiger partial charge in [0.15, 0.2) is 11.5 Å². The molecule has 1 aromatic rings. The van der Waals surface area contributed by atoms with Gasteiger partial charge in [-0.1, -0.05) is 0 Å². The standard InChI is InChI=1S/C12H17NO2/c1-7-4-10-11(5-8(7)2)15-12(6-14-10)9(3)13/h4-5,9,12H,6,13H2,1-3H3. The molecule has 2 atom stereocenters. The van der Waals surface area contributed by atoms with Gasteiger partial charge in [0.25, 0.3) is 0 Å². The molecule has 15 heavy (non-hydrogen) atoms. The lowest BCUT2D eigenvalue weighted by Gasteiger charge is -2.29. The van der Waals surface area contributed by atoms with Crippen molar-refractivity contribution in [3.05, 3.63) is 23.3 Å². The van der Waals surface area contributed by atoms with Crippen LogP contribution in [-0.2, 0) is 0 Å². The average Bonchev–Trinajstić information content (AvgIpc) is 2.19. The fraction of sp³-hybridized carbons (Fsp3) is 0.500. The van der Waals surface area contributed by atoms with E-state index >= 15 is 0 Å². The average molecular weight is 207 g/mol. The van der Waals surface area contributed by atoms with E-state index in [-0.39, 0.29) is 12.1 Å². The predicted octanol–water partition coefficient (Wildman–Crippen LogP) is 1.79. The number of aryl methyl sites for hydroxylation is 2. The van der Waals surface area contributed by atoms with Gasteiger partial charge >= 0.3 is 0 Å². The molecule has 3 heteroatoms. The third-order valence-corrected chi connectivity index (χ3v) is 2.83. The Kier molecular flexibility index (Phi) is 2.57. The molecular weight excluding hydrogens is 190 g/mol. The monoisotopic (exact) mass is 207 g/mol. The van der Waals surface area contributed by atoms with Crippen LogP contribution in [0, 0.1) is 13.8 Å². The van der Waals surface area contributed by atoms with Gasteiger partial charge in [-0.2, -0.15) is 0 Å². The molecule has 2 N–H and O–H groups in total. The maximum Gasteiger partial charge on any atom is 0.162 e. The Morgan fingerprint density at radius 3 is 2.47 bits per heavy atom. The minimum Gasteiger partial charge on any atom is -0.486 e. The number of fused-ring (bicyclic) bond motifs is 1. The van der Waals surface area contributed by atoms with Crippen molar-refractivity contribution in [3.8, 4) is 11.5 Å². The lowest BCUT2D eigenvalue weighted by molar-refractivity contribution is 0.0763. The highest BCUT2D eigenvalue weighted by Gasteiger charge is 2.24. The van der Waals surface area contributed by atoms with Crippen molar-refractivity contribution in [3.63, 3.8) is 0 Å². The van der Waals surface area contributed by atoms with E-state index < -0.39 is 0 Å². The van der Waals surface area contributed by atoms with Gasteiger partial charge in [0.05, 0.1) is 0 Å². The number of hydrogen-bond acceptors (Lipinski definition) is 3. The van der Waals surface area contributed by atoms with Crippen LogP contribution in [0.15, 0.2) is 12.1 Å². The molecule has 0 saturated heterocycles. The minimum atomic E-state index is -0.0420. The first kappa shape index (κ1) is 10.3. The largest absolute Gasteiger partial charge is 0.486 e. The zero-order valence-corrected chi connectivity index (χ0v) is 9.41. The zero-order chi connectivity index (χ0) is 11.0. The van der Waals surface area contributed by atoms with Crippen LogP contribution in [0.25, 0.3) is 0 Å². The SMILES string of the molecule is Cc1cc2c(cc1C)OC(C(C)N)CO2. The van der Waals surface area contributed by atoms with Crippen LogP contribution < -0.4 is 15.2 Å². The second kappa shape index (κ2) is 3.74. The second-order valence-corrected chi connectivity index (χ2v) is 4.21. The fourth-order valence-electron chi connectivity index (χ4n) is 1.60. The number of ether oxygens (including phenoxy) is 2. The lowest BCUT2D eigenvalue weighted by atomic mass is 10.1. The van der Waals surface area contributed by atoms with Gasteiger partial charge in [0.1, 0.15) is 12.7 Å². The van der Waals surface area contributed by atoms with Crippen LogP contribution in [0.2, 0.25) is 0 Å². The van der Waals surface area contributed by atoms with Crippen molar-refractivity contribution in [2.45, 2.75) is 32.9 Å². The predicted molar refractivity (Wildman–Crippen MR) is 59.5 cm³/mol. The molecule has 0 spiro atoms. The van der Waals surface area contributed by atoms with Crippen molar-refractivity contribution in [1.29, 1.82) is 0 Å². The van der Waals surface area contributed by atoms with Gasteiger partial charge in [0.2, 0.25) is 0 Å². The van der Waals surface area contributed by atoms with Crippen LogP contribution >= 0.6 is 0 Å². The molecule has 1 heterocycles. The highest BCUT2D eigenvalue weighted by Crippen LogP contribution is 2.34. The molecule has 0 bridgehead atoms. The van der Waals surface area contributed by atoms with Crippen molar-refractivity contribution in [2.24, 2.45) is 5.73 Å². The molecule has 2 unspecified atom stereocenters. The summed E-state index contributed by atoms with van der Waals surface area (Å²) < 4.78 is 11.4. The van der Waals surface area contributed by atoms with Crippen LogP contribution in [0.5, 0.6) is 11.5 Å². The quantitative estimate of drug-likeness (QED) is 0.763. The molecule has 3 nitrogen and oxygen atoms in total. The second-order valence-electron chi connectivity index (χ2n) is 4.21. The summed E-state index contributed by atoms with van der Waals surface area (Å²) >= 11 is 0. The van der Waals surface area contributed by atoms with Gasteiger partial charge in [-0.05, 0) is 44.0 Å². The van der Waals surface area contributed by atoms with E-state index in [2.05, 4.69) is 13.8 Å². The molecular formula is C12H17NO2. The van der Waals surface area contributed by atoms with Crippen molar-refractivity contribution >= 4 is 0 Å². The number of nitrogens with two attached hydrogens (primary N) is 1. The molecule has 1 aliphatic rings. The van der Waals surface area contributed by atoms with Crippen LogP contribution in [0.3, 0.4) is 0 Å². The topological polar surface area (TPSA) is 44.5 Å². The third kappa shape index (κ3) is 1.92. The summed E-state index contributed by atoms with van der Waals surface area (Å²) in [5.74, 6) is 1.64. The maximum atomic E-state index is 5.79. The molecule has 0 fully saturated rings. The number of rotatable bonds is 1. The Bertz CT molecular complexity index is 374. The molecule has 0 amide bonds. The molecule has 0 saturated carbocycles. The minimum absolute atomic E-state index is 0.0141. The fourth-order valence-corrected chi connectivity index (χ4v) is 1.60. The van der Waals surface area contributed by atoms with Crippen LogP contribution in [0.1, 0.15) is 18.1 Å². The van der Waals surface area contributed by atoms with Gasteiger partial charge in [-0.15, -0.1) is 0 Å². The first-order chi connectivity index (χ1) is 7.08. The Hall–Kier alpha value is -1.22. The molecule has 1 aliphatic heterocycles. The molecule has 0 aromatic heterocycles. The third-order valence-electron chi connectivity index (χ3n) is 2.83. The lowest BCUT2D eigenvalue weighted by Crippen LogP contribution is -2.42. The van der Waals surface area contributed by atoms with Crippen molar-refractivity contribution < 1.29 is 9.47 Å². The summed E-state index contributed by atoms with van der Waals surface area (Å²) in [5.41, 5.74) is 8.22. The van der Waals surface area contributed by atoms with E-state index in [1.807, 2.05) is 19.1 Å². The maximum absolute atomic E-state index is 5.79. The van der Waals surface area contributed by atoms with E-state index in [1.165, 1.54) is 11.1 Å². The summed E-state index contributed by atoms with van der Waals surface area (Å²) in [5, 5.41) is 0. The Balaban J connectivity index is 2.30. The summed E-state index contributed by atoms with van der Waals surface area (Å²) in [7, 11) is 0. The highest BCUT2D eigenvalue weighted by molar-refractivity contribution is 5.47. The molecule has 0 radical (unpaired) electrons. The normalized spacial score (nSPS) is 21.2. The molecule has 2 rings (SSSR count).